The van der Waals surface area contributed by atoms with Crippen molar-refractivity contribution in [3.05, 3.63) is 48.5 Å². The van der Waals surface area contributed by atoms with Crippen LogP contribution in [0.1, 0.15) is 19.4 Å². The third-order valence-electron chi connectivity index (χ3n) is 3.86. The second-order valence-corrected chi connectivity index (χ2v) is 5.56. The minimum absolute atomic E-state index is 0.330. The van der Waals surface area contributed by atoms with Gasteiger partial charge in [0.05, 0.1) is 19.0 Å². The maximum absolute atomic E-state index is 5.67. The fraction of sp³-hybridized carbons (Fsp3) is 0.438. The van der Waals surface area contributed by atoms with Gasteiger partial charge >= 0.3 is 0 Å². The first-order valence-corrected chi connectivity index (χ1v) is 7.15. The van der Waals surface area contributed by atoms with Crippen LogP contribution in [0.2, 0.25) is 0 Å². The van der Waals surface area contributed by atoms with E-state index in [1.54, 1.807) is 6.20 Å². The Bertz CT molecular complexity index is 535. The number of benzene rings is 1. The topological polar surface area (TPSA) is 30.3 Å². The van der Waals surface area contributed by atoms with Gasteiger partial charge in [0.1, 0.15) is 0 Å². The molecule has 0 amide bonds. The van der Waals surface area contributed by atoms with Crippen LogP contribution in [0, 0.1) is 0 Å². The van der Waals surface area contributed by atoms with Gasteiger partial charge in [-0.25, -0.2) is 4.98 Å². The van der Waals surface area contributed by atoms with Gasteiger partial charge < -0.3 is 9.30 Å². The molecule has 0 spiro atoms. The molecule has 4 heteroatoms. The lowest BCUT2D eigenvalue weighted by molar-refractivity contribution is -0.0526. The number of rotatable bonds is 3. The van der Waals surface area contributed by atoms with Crippen molar-refractivity contribution in [3.63, 3.8) is 0 Å². The number of ether oxygens (including phenoxy) is 1. The number of aromatic nitrogens is 2. The molecular formula is C16H21N3O. The zero-order valence-corrected chi connectivity index (χ0v) is 12.1. The van der Waals surface area contributed by atoms with Gasteiger partial charge in [0.2, 0.25) is 0 Å². The highest BCUT2D eigenvalue weighted by atomic mass is 16.5. The van der Waals surface area contributed by atoms with Gasteiger partial charge in [-0.2, -0.15) is 0 Å². The van der Waals surface area contributed by atoms with Crippen molar-refractivity contribution in [2.45, 2.75) is 32.5 Å². The first-order chi connectivity index (χ1) is 9.72. The lowest BCUT2D eigenvalue weighted by Gasteiger charge is -2.36. The van der Waals surface area contributed by atoms with E-state index in [0.29, 0.717) is 12.1 Å². The van der Waals surface area contributed by atoms with Gasteiger partial charge in [-0.15, -0.1) is 0 Å². The Kier molecular flexibility index (Phi) is 3.85. The van der Waals surface area contributed by atoms with Crippen LogP contribution in [0.25, 0.3) is 5.69 Å². The molecule has 1 aliphatic heterocycles. The molecule has 106 valence electrons. The van der Waals surface area contributed by atoms with Crippen molar-refractivity contribution >= 4 is 0 Å². The average Bonchev–Trinajstić information content (AvgIpc) is 2.98. The summed E-state index contributed by atoms with van der Waals surface area (Å²) in [7, 11) is 0. The predicted molar refractivity (Wildman–Crippen MR) is 78.9 cm³/mol. The highest BCUT2D eigenvalue weighted by molar-refractivity contribution is 5.34. The highest BCUT2D eigenvalue weighted by Gasteiger charge is 2.23. The second kappa shape index (κ2) is 5.77. The van der Waals surface area contributed by atoms with Crippen molar-refractivity contribution in [2.75, 3.05) is 13.2 Å². The first kappa shape index (κ1) is 13.3. The SMILES string of the molecule is C[C@@H]1CN(Cc2ccc(-n3ccnc3)cc2)[C@H](C)CO1. The monoisotopic (exact) mass is 271 g/mol. The Balaban J connectivity index is 1.69. The van der Waals surface area contributed by atoms with Crippen LogP contribution >= 0.6 is 0 Å². The quantitative estimate of drug-likeness (QED) is 0.859. The molecule has 1 aliphatic rings. The maximum atomic E-state index is 5.67. The first-order valence-electron chi connectivity index (χ1n) is 7.15. The lowest BCUT2D eigenvalue weighted by Crippen LogP contribution is -2.46. The number of nitrogens with zero attached hydrogens (tertiary/aromatic N) is 3. The van der Waals surface area contributed by atoms with Gasteiger partial charge in [-0.05, 0) is 31.5 Å². The van der Waals surface area contributed by atoms with E-state index in [1.165, 1.54) is 5.56 Å². The van der Waals surface area contributed by atoms with E-state index < -0.39 is 0 Å². The fourth-order valence-electron chi connectivity index (χ4n) is 2.61. The smallest absolute Gasteiger partial charge is 0.0991 e. The summed E-state index contributed by atoms with van der Waals surface area (Å²) >= 11 is 0. The number of hydrogen-bond acceptors (Lipinski definition) is 3. The molecule has 1 aromatic heterocycles. The van der Waals surface area contributed by atoms with Crippen LogP contribution < -0.4 is 0 Å². The van der Waals surface area contributed by atoms with Gasteiger partial charge in [-0.3, -0.25) is 4.90 Å². The van der Waals surface area contributed by atoms with Crippen molar-refractivity contribution in [1.82, 2.24) is 14.5 Å². The summed E-state index contributed by atoms with van der Waals surface area (Å²) in [6.07, 6.45) is 5.91. The molecule has 0 aliphatic carbocycles. The Morgan fingerprint density at radius 2 is 2.05 bits per heavy atom. The largest absolute Gasteiger partial charge is 0.376 e. The molecule has 1 saturated heterocycles. The molecule has 0 unspecified atom stereocenters. The van der Waals surface area contributed by atoms with Crippen molar-refractivity contribution in [3.8, 4) is 5.69 Å². The van der Waals surface area contributed by atoms with Crippen LogP contribution in [0.5, 0.6) is 0 Å². The molecule has 4 nitrogen and oxygen atoms in total. The molecular weight excluding hydrogens is 250 g/mol. The van der Waals surface area contributed by atoms with Gasteiger partial charge in [0.25, 0.3) is 0 Å². The van der Waals surface area contributed by atoms with E-state index in [0.717, 1.165) is 25.4 Å². The summed E-state index contributed by atoms with van der Waals surface area (Å²) in [6, 6.07) is 9.17. The van der Waals surface area contributed by atoms with E-state index >= 15 is 0 Å². The summed E-state index contributed by atoms with van der Waals surface area (Å²) < 4.78 is 7.69. The Morgan fingerprint density at radius 3 is 2.75 bits per heavy atom. The van der Waals surface area contributed by atoms with E-state index in [9.17, 15) is 0 Å². The van der Waals surface area contributed by atoms with E-state index in [2.05, 4.69) is 48.0 Å². The molecule has 20 heavy (non-hydrogen) atoms. The summed E-state index contributed by atoms with van der Waals surface area (Å²) in [4.78, 5) is 6.56. The minimum atomic E-state index is 0.330. The van der Waals surface area contributed by atoms with Crippen molar-refractivity contribution < 1.29 is 4.74 Å². The van der Waals surface area contributed by atoms with Gasteiger partial charge in [-0.1, -0.05) is 12.1 Å². The summed E-state index contributed by atoms with van der Waals surface area (Å²) in [5, 5.41) is 0. The van der Waals surface area contributed by atoms with E-state index in [-0.39, 0.29) is 0 Å². The van der Waals surface area contributed by atoms with Crippen LogP contribution in [0.4, 0.5) is 0 Å². The average molecular weight is 271 g/mol. The molecule has 1 aromatic carbocycles. The standard InChI is InChI=1S/C16H21N3O/c1-13-11-20-14(2)9-19(13)10-15-3-5-16(6-4-15)18-8-7-17-12-18/h3-8,12-14H,9-11H2,1-2H3/t13-,14-/m1/s1. The normalized spacial score (nSPS) is 23.9. The summed E-state index contributed by atoms with van der Waals surface area (Å²) in [5.74, 6) is 0. The van der Waals surface area contributed by atoms with Crippen LogP contribution in [-0.4, -0.2) is 39.7 Å². The lowest BCUT2D eigenvalue weighted by atomic mass is 10.1. The summed E-state index contributed by atoms with van der Waals surface area (Å²) in [5.41, 5.74) is 2.49. The molecule has 0 saturated carbocycles. The van der Waals surface area contributed by atoms with Crippen LogP contribution in [0.3, 0.4) is 0 Å². The van der Waals surface area contributed by atoms with E-state index in [4.69, 9.17) is 4.74 Å². The van der Waals surface area contributed by atoms with Crippen LogP contribution in [-0.2, 0) is 11.3 Å². The van der Waals surface area contributed by atoms with Crippen LogP contribution in [0.15, 0.2) is 43.0 Å². The second-order valence-electron chi connectivity index (χ2n) is 5.56. The molecule has 2 atom stereocenters. The van der Waals surface area contributed by atoms with Gasteiger partial charge in [0, 0.05) is 37.2 Å². The Labute approximate surface area is 120 Å². The highest BCUT2D eigenvalue weighted by Crippen LogP contribution is 2.16. The predicted octanol–water partition coefficient (Wildman–Crippen LogP) is 2.48. The zero-order valence-electron chi connectivity index (χ0n) is 12.1. The van der Waals surface area contributed by atoms with Gasteiger partial charge in [0.15, 0.2) is 0 Å². The molecule has 2 aromatic rings. The van der Waals surface area contributed by atoms with Crippen molar-refractivity contribution in [2.24, 2.45) is 0 Å². The number of morpholine rings is 1. The third-order valence-corrected chi connectivity index (χ3v) is 3.86. The minimum Gasteiger partial charge on any atom is -0.376 e. The zero-order chi connectivity index (χ0) is 13.9. The Morgan fingerprint density at radius 1 is 1.25 bits per heavy atom. The Hall–Kier alpha value is -1.65. The summed E-state index contributed by atoms with van der Waals surface area (Å²) in [6.45, 7) is 7.19. The number of hydrogen-bond donors (Lipinski definition) is 0. The molecule has 2 heterocycles. The third kappa shape index (κ3) is 2.92. The molecule has 3 rings (SSSR count). The number of imidazole rings is 1. The molecule has 0 N–H and O–H groups in total. The molecule has 1 fully saturated rings. The van der Waals surface area contributed by atoms with E-state index in [1.807, 2.05) is 17.1 Å². The molecule has 0 bridgehead atoms. The maximum Gasteiger partial charge on any atom is 0.0991 e. The van der Waals surface area contributed by atoms with Crippen molar-refractivity contribution in [1.29, 1.82) is 0 Å². The fourth-order valence-corrected chi connectivity index (χ4v) is 2.61. The molecule has 0 radical (unpaired) electrons.